The maximum Gasteiger partial charge on any atom is 0.0540 e. The van der Waals surface area contributed by atoms with E-state index >= 15 is 0 Å². The van der Waals surface area contributed by atoms with E-state index in [2.05, 4.69) is 293 Å². The van der Waals surface area contributed by atoms with Crippen LogP contribution in [0.3, 0.4) is 0 Å². The fraction of sp³-hybridized carbons (Fsp3) is 0.0704. The molecular weight excluding hydrogens is 867 g/mol. The Morgan fingerprint density at radius 3 is 1.50 bits per heavy atom. The minimum Gasteiger partial charge on any atom is -0.310 e. The number of hydrogen-bond acceptors (Lipinski definition) is 1. The molecule has 2 aliphatic rings. The van der Waals surface area contributed by atoms with Crippen molar-refractivity contribution in [2.75, 3.05) is 4.90 Å². The number of nitrogens with zero attached hydrogens (tertiary/aromatic N) is 1. The summed E-state index contributed by atoms with van der Waals surface area (Å²) in [6.07, 6.45) is 0. The Hall–Kier alpha value is -8.78. The Bertz CT molecular complexity index is 3830. The van der Waals surface area contributed by atoms with Crippen LogP contribution in [0.2, 0.25) is 0 Å². The third-order valence-electron chi connectivity index (χ3n) is 15.8. The summed E-state index contributed by atoms with van der Waals surface area (Å²) in [5.74, 6) is 0. The van der Waals surface area contributed by atoms with Gasteiger partial charge in [-0.3, -0.25) is 0 Å². The van der Waals surface area contributed by atoms with Crippen LogP contribution in [0.25, 0.3) is 77.9 Å². The molecule has 0 saturated carbocycles. The minimum atomic E-state index is -0.273. The van der Waals surface area contributed by atoms with Crippen molar-refractivity contribution in [3.63, 3.8) is 0 Å². The highest BCUT2D eigenvalue weighted by atomic mass is 15.1. The first-order valence-corrected chi connectivity index (χ1v) is 25.2. The Balaban J connectivity index is 0.963. The molecule has 13 rings (SSSR count). The van der Waals surface area contributed by atoms with Crippen LogP contribution in [0.4, 0.5) is 17.1 Å². The Labute approximate surface area is 424 Å². The van der Waals surface area contributed by atoms with Crippen LogP contribution in [0.5, 0.6) is 0 Å². The van der Waals surface area contributed by atoms with Gasteiger partial charge in [0.15, 0.2) is 0 Å². The van der Waals surface area contributed by atoms with Crippen molar-refractivity contribution in [3.05, 3.63) is 295 Å². The molecule has 0 fully saturated rings. The van der Waals surface area contributed by atoms with Crippen LogP contribution < -0.4 is 4.90 Å². The van der Waals surface area contributed by atoms with Gasteiger partial charge >= 0.3 is 0 Å². The third kappa shape index (κ3) is 6.99. The second-order valence-corrected chi connectivity index (χ2v) is 20.1. The van der Waals surface area contributed by atoms with Crippen molar-refractivity contribution in [1.29, 1.82) is 0 Å². The van der Waals surface area contributed by atoms with Gasteiger partial charge in [-0.15, -0.1) is 0 Å². The van der Waals surface area contributed by atoms with Gasteiger partial charge in [0.25, 0.3) is 0 Å². The van der Waals surface area contributed by atoms with Gasteiger partial charge in [0.1, 0.15) is 0 Å². The molecule has 0 spiro atoms. The lowest BCUT2D eigenvalue weighted by Crippen LogP contribution is -2.22. The molecule has 0 aliphatic heterocycles. The minimum absolute atomic E-state index is 0.151. The third-order valence-corrected chi connectivity index (χ3v) is 15.8. The molecule has 0 heterocycles. The lowest BCUT2D eigenvalue weighted by Gasteiger charge is -2.29. The molecule has 1 heteroatoms. The SMILES string of the molecule is CC1(C)c2ccccc2-c2cccc(-c3cccc(N(c4ccc(-c5ccc6c(c5)C(C)(c5ccccc5)c5ccccc5-6)cc4)c4ccccc4-c4ccc(-c5ccccc5)c(-c5ccccc5)c4)c3)c21. The molecule has 2 aliphatic carbocycles. The zero-order valence-corrected chi connectivity index (χ0v) is 40.9. The normalized spacial score (nSPS) is 14.8. The molecule has 11 aromatic carbocycles. The number of para-hydroxylation sites is 1. The highest BCUT2D eigenvalue weighted by Gasteiger charge is 2.41. The lowest BCUT2D eigenvalue weighted by atomic mass is 9.74. The molecular formula is C71H53N. The molecule has 0 aromatic heterocycles. The molecule has 0 radical (unpaired) electrons. The number of fused-ring (bicyclic) bond motifs is 6. The number of rotatable bonds is 9. The average Bonchev–Trinajstić information content (AvgIpc) is 3.85. The average molecular weight is 920 g/mol. The molecule has 1 atom stereocenters. The van der Waals surface area contributed by atoms with E-state index in [0.29, 0.717) is 0 Å². The van der Waals surface area contributed by atoms with Crippen molar-refractivity contribution < 1.29 is 0 Å². The van der Waals surface area contributed by atoms with Gasteiger partial charge in [-0.2, -0.15) is 0 Å². The summed E-state index contributed by atoms with van der Waals surface area (Å²) in [6.45, 7) is 7.15. The molecule has 1 unspecified atom stereocenters. The number of benzene rings is 11. The zero-order valence-electron chi connectivity index (χ0n) is 40.9. The van der Waals surface area contributed by atoms with Gasteiger partial charge in [-0.05, 0) is 150 Å². The van der Waals surface area contributed by atoms with Gasteiger partial charge in [-0.1, -0.05) is 238 Å². The van der Waals surface area contributed by atoms with E-state index in [-0.39, 0.29) is 10.8 Å². The summed E-state index contributed by atoms with van der Waals surface area (Å²) < 4.78 is 0. The highest BCUT2D eigenvalue weighted by molar-refractivity contribution is 5.95. The van der Waals surface area contributed by atoms with Gasteiger partial charge in [0.05, 0.1) is 5.69 Å². The van der Waals surface area contributed by atoms with Crippen molar-refractivity contribution in [2.45, 2.75) is 31.6 Å². The van der Waals surface area contributed by atoms with Crippen LogP contribution in [-0.4, -0.2) is 0 Å². The molecule has 0 N–H and O–H groups in total. The summed E-state index contributed by atoms with van der Waals surface area (Å²) >= 11 is 0. The topological polar surface area (TPSA) is 3.24 Å². The summed E-state index contributed by atoms with van der Waals surface area (Å²) in [5.41, 5.74) is 26.9. The van der Waals surface area contributed by atoms with Gasteiger partial charge in [-0.25, -0.2) is 0 Å². The van der Waals surface area contributed by atoms with Crippen molar-refractivity contribution in [1.82, 2.24) is 0 Å². The smallest absolute Gasteiger partial charge is 0.0540 e. The summed E-state index contributed by atoms with van der Waals surface area (Å²) in [4.78, 5) is 2.46. The second kappa shape index (κ2) is 17.3. The van der Waals surface area contributed by atoms with Crippen LogP contribution in [-0.2, 0) is 10.8 Å². The van der Waals surface area contributed by atoms with E-state index in [0.717, 1.165) is 28.2 Å². The van der Waals surface area contributed by atoms with E-state index in [4.69, 9.17) is 0 Å². The summed E-state index contributed by atoms with van der Waals surface area (Å²) in [6, 6.07) is 98.7. The molecule has 0 saturated heterocycles. The number of anilines is 3. The Morgan fingerprint density at radius 2 is 0.764 bits per heavy atom. The van der Waals surface area contributed by atoms with E-state index in [1.807, 2.05) is 0 Å². The van der Waals surface area contributed by atoms with Gasteiger partial charge in [0.2, 0.25) is 0 Å². The van der Waals surface area contributed by atoms with Crippen LogP contribution in [0, 0.1) is 0 Å². The highest BCUT2D eigenvalue weighted by Crippen LogP contribution is 2.55. The monoisotopic (exact) mass is 919 g/mol. The Kier molecular flexibility index (Phi) is 10.4. The zero-order chi connectivity index (χ0) is 48.4. The van der Waals surface area contributed by atoms with E-state index in [1.54, 1.807) is 0 Å². The molecule has 342 valence electrons. The van der Waals surface area contributed by atoms with E-state index in [9.17, 15) is 0 Å². The van der Waals surface area contributed by atoms with E-state index < -0.39 is 0 Å². The largest absolute Gasteiger partial charge is 0.310 e. The Morgan fingerprint density at radius 1 is 0.264 bits per heavy atom. The van der Waals surface area contributed by atoms with E-state index in [1.165, 1.54) is 94.6 Å². The maximum atomic E-state index is 2.46. The van der Waals surface area contributed by atoms with Crippen molar-refractivity contribution in [3.8, 4) is 77.9 Å². The summed E-state index contributed by atoms with van der Waals surface area (Å²) in [7, 11) is 0. The van der Waals surface area contributed by atoms with Crippen LogP contribution in [0.1, 0.15) is 48.6 Å². The molecule has 1 nitrogen and oxygen atoms in total. The first-order valence-electron chi connectivity index (χ1n) is 25.2. The van der Waals surface area contributed by atoms with Crippen LogP contribution >= 0.6 is 0 Å². The quantitative estimate of drug-likeness (QED) is 0.139. The fourth-order valence-electron chi connectivity index (χ4n) is 12.2. The van der Waals surface area contributed by atoms with Crippen LogP contribution in [0.15, 0.2) is 267 Å². The molecule has 0 bridgehead atoms. The summed E-state index contributed by atoms with van der Waals surface area (Å²) in [5, 5.41) is 0. The van der Waals surface area contributed by atoms with Gasteiger partial charge < -0.3 is 4.90 Å². The standard InChI is InChI=1S/C71H53N/c1-70(2)65-34-16-13-31-61(65)63-33-20-32-59(69(63)70)52-25-19-28-56(45-52)72(68-36-18-15-29-58(68)53-40-43-57(49-21-7-4-8-22-49)64(46-53)50-23-9-5-10-24-50)55-41-37-48(38-42-55)51-39-44-62-60-30-14-17-35-66(60)71(3,67(62)47-51)54-26-11-6-12-27-54/h4-47H,1-3H3. The predicted octanol–water partition coefficient (Wildman–Crippen LogP) is 19.1. The lowest BCUT2D eigenvalue weighted by molar-refractivity contribution is 0.662. The predicted molar refractivity (Wildman–Crippen MR) is 303 cm³/mol. The fourth-order valence-corrected chi connectivity index (χ4v) is 12.2. The van der Waals surface area contributed by atoms with Crippen molar-refractivity contribution >= 4 is 17.1 Å². The second-order valence-electron chi connectivity index (χ2n) is 20.1. The molecule has 11 aromatic rings. The van der Waals surface area contributed by atoms with Gasteiger partial charge in [0, 0.05) is 27.8 Å². The first-order chi connectivity index (χ1) is 35.4. The molecule has 72 heavy (non-hydrogen) atoms. The van der Waals surface area contributed by atoms with Crippen molar-refractivity contribution in [2.24, 2.45) is 0 Å². The number of hydrogen-bond donors (Lipinski definition) is 0. The molecule has 0 amide bonds. The maximum absolute atomic E-state index is 2.46. The first kappa shape index (κ1) is 43.3.